The van der Waals surface area contributed by atoms with E-state index in [1.165, 1.54) is 0 Å². The molecular weight excluding hydrogens is 302 g/mol. The number of halogens is 1. The van der Waals surface area contributed by atoms with Crippen LogP contribution >= 0.6 is 23.4 Å². The number of fused-ring (bicyclic) bond motifs is 1. The highest BCUT2D eigenvalue weighted by molar-refractivity contribution is 8.14. The number of aromatic nitrogens is 1. The third kappa shape index (κ3) is 3.01. The van der Waals surface area contributed by atoms with E-state index in [9.17, 15) is 0 Å². The summed E-state index contributed by atoms with van der Waals surface area (Å²) in [4.78, 5) is 9.32. The Morgan fingerprint density at radius 2 is 2.24 bits per heavy atom. The molecule has 1 aliphatic rings. The normalized spacial score (nSPS) is 22.1. The smallest absolute Gasteiger partial charge is 0.161 e. The first-order chi connectivity index (χ1) is 10.1. The van der Waals surface area contributed by atoms with Crippen LogP contribution in [0.2, 0.25) is 5.02 Å². The molecule has 0 saturated heterocycles. The summed E-state index contributed by atoms with van der Waals surface area (Å²) in [5.41, 5.74) is 1.89. The van der Waals surface area contributed by atoms with Crippen LogP contribution in [0.5, 0.6) is 0 Å². The Balaban J connectivity index is 1.97. The lowest BCUT2D eigenvalue weighted by atomic mass is 9.97. The van der Waals surface area contributed by atoms with Crippen molar-refractivity contribution in [3.05, 3.63) is 35.5 Å². The third-order valence-electron chi connectivity index (χ3n) is 3.97. The largest absolute Gasteiger partial charge is 0.333 e. The molecule has 110 valence electrons. The second kappa shape index (κ2) is 5.85. The zero-order chi connectivity index (χ0) is 14.9. The zero-order valence-electron chi connectivity index (χ0n) is 12.2. The number of anilines is 1. The second-order valence-corrected chi connectivity index (χ2v) is 6.98. The minimum absolute atomic E-state index is 0.0449. The highest BCUT2D eigenvalue weighted by Crippen LogP contribution is 2.32. The van der Waals surface area contributed by atoms with Crippen LogP contribution < -0.4 is 5.32 Å². The summed E-state index contributed by atoms with van der Waals surface area (Å²) in [5.74, 6) is 1.09. The molecule has 2 aromatic rings. The third-order valence-corrected chi connectivity index (χ3v) is 5.18. The van der Waals surface area contributed by atoms with Crippen molar-refractivity contribution in [2.75, 3.05) is 11.1 Å². The van der Waals surface area contributed by atoms with Gasteiger partial charge in [-0.2, -0.15) is 0 Å². The van der Waals surface area contributed by atoms with Gasteiger partial charge < -0.3 is 5.32 Å². The first kappa shape index (κ1) is 14.7. The van der Waals surface area contributed by atoms with Crippen molar-refractivity contribution in [3.8, 4) is 0 Å². The topological polar surface area (TPSA) is 37.3 Å². The molecule has 1 aromatic carbocycles. The van der Waals surface area contributed by atoms with Gasteiger partial charge in [-0.3, -0.25) is 9.98 Å². The van der Waals surface area contributed by atoms with Gasteiger partial charge in [0.1, 0.15) is 0 Å². The molecule has 2 heterocycles. The fraction of sp³-hybridized carbons (Fsp3) is 0.375. The lowest BCUT2D eigenvalue weighted by Crippen LogP contribution is -2.29. The number of aliphatic imine (C=N–C) groups is 1. The predicted octanol–water partition coefficient (Wildman–Crippen LogP) is 4.96. The van der Waals surface area contributed by atoms with Crippen LogP contribution in [0.1, 0.15) is 26.7 Å². The summed E-state index contributed by atoms with van der Waals surface area (Å²) in [6, 6.07) is 7.76. The maximum Gasteiger partial charge on any atom is 0.161 e. The van der Waals surface area contributed by atoms with Crippen LogP contribution in [0.25, 0.3) is 10.9 Å². The lowest BCUT2D eigenvalue weighted by molar-refractivity contribution is 0.443. The minimum Gasteiger partial charge on any atom is -0.333 e. The van der Waals surface area contributed by atoms with E-state index in [-0.39, 0.29) is 5.54 Å². The molecule has 3 nitrogen and oxygen atoms in total. The predicted molar refractivity (Wildman–Crippen MR) is 93.6 cm³/mol. The number of pyridine rings is 1. The molecule has 0 saturated carbocycles. The van der Waals surface area contributed by atoms with Crippen LogP contribution in [0.4, 0.5) is 5.69 Å². The van der Waals surface area contributed by atoms with Gasteiger partial charge in [-0.05, 0) is 44.0 Å². The van der Waals surface area contributed by atoms with E-state index in [1.807, 2.05) is 24.3 Å². The molecular formula is C16H18ClN3S. The summed E-state index contributed by atoms with van der Waals surface area (Å²) in [6.07, 6.45) is 3.97. The molecule has 0 amide bonds. The maximum absolute atomic E-state index is 6.24. The van der Waals surface area contributed by atoms with Crippen molar-refractivity contribution < 1.29 is 0 Å². The summed E-state index contributed by atoms with van der Waals surface area (Å²) >= 11 is 8.00. The fourth-order valence-corrected chi connectivity index (χ4v) is 3.79. The molecule has 0 aliphatic carbocycles. The number of rotatable bonds is 2. The van der Waals surface area contributed by atoms with E-state index >= 15 is 0 Å². The molecule has 3 rings (SSSR count). The number of hydrogen-bond donors (Lipinski definition) is 1. The Labute approximate surface area is 134 Å². The molecule has 1 aromatic heterocycles. The Morgan fingerprint density at radius 3 is 3.05 bits per heavy atom. The molecule has 5 heteroatoms. The van der Waals surface area contributed by atoms with E-state index in [0.717, 1.165) is 45.4 Å². The van der Waals surface area contributed by atoms with Gasteiger partial charge >= 0.3 is 0 Å². The van der Waals surface area contributed by atoms with E-state index in [4.69, 9.17) is 16.6 Å². The van der Waals surface area contributed by atoms with Crippen LogP contribution in [0.15, 0.2) is 35.5 Å². The Kier molecular flexibility index (Phi) is 4.09. The van der Waals surface area contributed by atoms with Gasteiger partial charge in [0.25, 0.3) is 0 Å². The van der Waals surface area contributed by atoms with E-state index < -0.39 is 0 Å². The van der Waals surface area contributed by atoms with Gasteiger partial charge in [-0.25, -0.2) is 0 Å². The molecule has 1 atom stereocenters. The highest BCUT2D eigenvalue weighted by atomic mass is 35.5. The van der Waals surface area contributed by atoms with Crippen molar-refractivity contribution in [1.29, 1.82) is 0 Å². The van der Waals surface area contributed by atoms with Gasteiger partial charge in [0.15, 0.2) is 5.17 Å². The SMILES string of the molecule is CCC1(C)CCSC(Nc2ccc(Cl)c3cccnc23)=N1. The summed E-state index contributed by atoms with van der Waals surface area (Å²) in [6.45, 7) is 4.41. The van der Waals surface area contributed by atoms with Crippen LogP contribution in [0.3, 0.4) is 0 Å². The summed E-state index contributed by atoms with van der Waals surface area (Å²) in [7, 11) is 0. The first-order valence-corrected chi connectivity index (χ1v) is 8.50. The molecule has 0 bridgehead atoms. The Morgan fingerprint density at radius 1 is 1.38 bits per heavy atom. The number of benzene rings is 1. The quantitative estimate of drug-likeness (QED) is 0.850. The van der Waals surface area contributed by atoms with E-state index in [0.29, 0.717) is 0 Å². The number of nitrogens with one attached hydrogen (secondary N) is 1. The molecule has 0 fully saturated rings. The number of thioether (sulfide) groups is 1. The van der Waals surface area contributed by atoms with Gasteiger partial charge in [-0.15, -0.1) is 0 Å². The summed E-state index contributed by atoms with van der Waals surface area (Å²) < 4.78 is 0. The number of hydrogen-bond acceptors (Lipinski definition) is 4. The highest BCUT2D eigenvalue weighted by Gasteiger charge is 2.26. The molecule has 21 heavy (non-hydrogen) atoms. The van der Waals surface area contributed by atoms with Crippen LogP contribution in [-0.2, 0) is 0 Å². The Hall–Kier alpha value is -1.26. The van der Waals surface area contributed by atoms with Crippen molar-refractivity contribution in [2.24, 2.45) is 4.99 Å². The lowest BCUT2D eigenvalue weighted by Gasteiger charge is -2.29. The van der Waals surface area contributed by atoms with Crippen molar-refractivity contribution in [2.45, 2.75) is 32.2 Å². The zero-order valence-corrected chi connectivity index (χ0v) is 13.8. The monoisotopic (exact) mass is 319 g/mol. The van der Waals surface area contributed by atoms with Crippen molar-refractivity contribution >= 4 is 45.1 Å². The molecule has 1 N–H and O–H groups in total. The molecule has 1 unspecified atom stereocenters. The number of nitrogens with zero attached hydrogens (tertiary/aromatic N) is 2. The van der Waals surface area contributed by atoms with Crippen molar-refractivity contribution in [3.63, 3.8) is 0 Å². The molecule has 1 aliphatic heterocycles. The average molecular weight is 320 g/mol. The molecule has 0 radical (unpaired) electrons. The van der Waals surface area contributed by atoms with E-state index in [1.54, 1.807) is 18.0 Å². The number of amidine groups is 1. The Bertz CT molecular complexity index is 701. The van der Waals surface area contributed by atoms with Gasteiger partial charge in [0.05, 0.1) is 21.8 Å². The van der Waals surface area contributed by atoms with Crippen LogP contribution in [0, 0.1) is 0 Å². The van der Waals surface area contributed by atoms with Crippen molar-refractivity contribution in [1.82, 2.24) is 4.98 Å². The first-order valence-electron chi connectivity index (χ1n) is 7.14. The second-order valence-electron chi connectivity index (χ2n) is 5.49. The van der Waals surface area contributed by atoms with Gasteiger partial charge in [0, 0.05) is 17.3 Å². The maximum atomic E-state index is 6.24. The van der Waals surface area contributed by atoms with E-state index in [2.05, 4.69) is 24.1 Å². The molecule has 0 spiro atoms. The standard InChI is InChI=1S/C16H18ClN3S/c1-3-16(2)8-10-21-15(20-16)19-13-7-6-12(17)11-5-4-9-18-14(11)13/h4-7,9H,3,8,10H2,1-2H3,(H,19,20). The van der Waals surface area contributed by atoms with Gasteiger partial charge in [-0.1, -0.05) is 30.3 Å². The average Bonchev–Trinajstić information content (AvgIpc) is 2.51. The summed E-state index contributed by atoms with van der Waals surface area (Å²) in [5, 5.41) is 6.09. The fourth-order valence-electron chi connectivity index (χ4n) is 2.37. The minimum atomic E-state index is 0.0449. The van der Waals surface area contributed by atoms with Crippen LogP contribution in [-0.4, -0.2) is 21.4 Å². The van der Waals surface area contributed by atoms with Gasteiger partial charge in [0.2, 0.25) is 0 Å².